The number of benzene rings is 3. The fraction of sp³-hybridized carbons (Fsp3) is 0.258. The lowest BCUT2D eigenvalue weighted by molar-refractivity contribution is -0.0270. The Kier molecular flexibility index (Phi) is 9.77. The van der Waals surface area contributed by atoms with Crippen molar-refractivity contribution < 1.29 is 36.9 Å². The number of hydrogen-bond donors (Lipinski definition) is 1. The molecule has 4 aromatic rings. The van der Waals surface area contributed by atoms with E-state index < -0.39 is 24.0 Å². The second kappa shape index (κ2) is 14.1. The first kappa shape index (κ1) is 30.6. The molecule has 2 heterocycles. The van der Waals surface area contributed by atoms with Gasteiger partial charge in [-0.15, -0.1) is 0 Å². The molecule has 230 valence electrons. The first-order valence-electron chi connectivity index (χ1n) is 13.7. The summed E-state index contributed by atoms with van der Waals surface area (Å²) in [6.07, 6.45) is 1.83. The van der Waals surface area contributed by atoms with Crippen molar-refractivity contribution >= 4 is 28.8 Å². The van der Waals surface area contributed by atoms with Crippen LogP contribution in [0.25, 0.3) is 10.9 Å². The molecule has 2 N–H and O–H groups in total. The van der Waals surface area contributed by atoms with E-state index in [0.29, 0.717) is 65.9 Å². The Hall–Kier alpha value is -4.88. The van der Waals surface area contributed by atoms with Gasteiger partial charge < -0.3 is 24.7 Å². The standard InChI is InChI=1S/C31H30F3N5O5/c1-41-28-17-23-26(18-29(28)43-13-9-30(34)38-11-14-42-15-12-38)36-10-8-27(23)44-22-5-3-21(4-6-22)39(31(35)40)37-19-20-2-7-24(32)25(33)16-20/h2-8,10,16-19,30H,9,11-15H2,1H3,(H2,35,40)/b37-19+. The summed E-state index contributed by atoms with van der Waals surface area (Å²) in [4.78, 5) is 18.2. The summed E-state index contributed by atoms with van der Waals surface area (Å²) in [5, 5.41) is 5.57. The molecule has 1 aliphatic rings. The third-order valence-electron chi connectivity index (χ3n) is 6.83. The van der Waals surface area contributed by atoms with E-state index in [9.17, 15) is 18.0 Å². The number of amides is 2. The topological polar surface area (TPSA) is 112 Å². The molecule has 44 heavy (non-hydrogen) atoms. The molecule has 0 bridgehead atoms. The molecule has 1 unspecified atom stereocenters. The Morgan fingerprint density at radius 1 is 1.07 bits per heavy atom. The minimum Gasteiger partial charge on any atom is -0.493 e. The fourth-order valence-electron chi connectivity index (χ4n) is 4.55. The number of ether oxygens (including phenoxy) is 4. The SMILES string of the molecule is COc1cc2c(Oc3ccc(N(/N=C/c4ccc(F)c(F)c4)C(N)=O)cc3)ccnc2cc1OCCC(F)N1CCOCC1. The smallest absolute Gasteiger partial charge is 0.340 e. The molecule has 1 fully saturated rings. The summed E-state index contributed by atoms with van der Waals surface area (Å²) in [6.45, 7) is 2.28. The number of nitrogens with zero attached hydrogens (tertiary/aromatic N) is 4. The minimum atomic E-state index is -1.13. The van der Waals surface area contributed by atoms with Gasteiger partial charge in [0.1, 0.15) is 11.5 Å². The molecule has 10 nitrogen and oxygen atoms in total. The Morgan fingerprint density at radius 2 is 1.84 bits per heavy atom. The predicted octanol–water partition coefficient (Wildman–Crippen LogP) is 5.63. The van der Waals surface area contributed by atoms with E-state index in [1.165, 1.54) is 19.4 Å². The highest BCUT2D eigenvalue weighted by molar-refractivity contribution is 5.93. The summed E-state index contributed by atoms with van der Waals surface area (Å²) in [5.41, 5.74) is 6.61. The third-order valence-corrected chi connectivity index (χ3v) is 6.83. The highest BCUT2D eigenvalue weighted by Crippen LogP contribution is 2.37. The molecule has 1 aliphatic heterocycles. The zero-order valence-corrected chi connectivity index (χ0v) is 23.8. The van der Waals surface area contributed by atoms with E-state index in [0.717, 1.165) is 17.1 Å². The van der Waals surface area contributed by atoms with Crippen LogP contribution in [0.3, 0.4) is 0 Å². The van der Waals surface area contributed by atoms with Gasteiger partial charge in [0.25, 0.3) is 0 Å². The van der Waals surface area contributed by atoms with E-state index in [-0.39, 0.29) is 18.6 Å². The molecule has 0 spiro atoms. The fourth-order valence-corrected chi connectivity index (χ4v) is 4.55. The van der Waals surface area contributed by atoms with Crippen molar-refractivity contribution in [1.82, 2.24) is 9.88 Å². The number of carbonyl (C=O) groups is 1. The van der Waals surface area contributed by atoms with Crippen LogP contribution in [0.4, 0.5) is 23.7 Å². The van der Waals surface area contributed by atoms with Crippen LogP contribution in [0.2, 0.25) is 0 Å². The molecule has 2 amide bonds. The highest BCUT2D eigenvalue weighted by Gasteiger charge is 2.21. The Morgan fingerprint density at radius 3 is 2.55 bits per heavy atom. The van der Waals surface area contributed by atoms with E-state index in [4.69, 9.17) is 24.7 Å². The van der Waals surface area contributed by atoms with Crippen LogP contribution in [0.5, 0.6) is 23.0 Å². The van der Waals surface area contributed by atoms with E-state index in [2.05, 4.69) is 10.1 Å². The molecule has 3 aromatic carbocycles. The Bertz CT molecular complexity index is 1630. The first-order chi connectivity index (χ1) is 21.3. The number of fused-ring (bicyclic) bond motifs is 1. The van der Waals surface area contributed by atoms with Crippen LogP contribution >= 0.6 is 0 Å². The average Bonchev–Trinajstić information content (AvgIpc) is 3.03. The summed E-state index contributed by atoms with van der Waals surface area (Å²) in [7, 11) is 1.51. The molecule has 1 atom stereocenters. The van der Waals surface area contributed by atoms with Gasteiger partial charge in [0.2, 0.25) is 0 Å². The van der Waals surface area contributed by atoms with E-state index >= 15 is 0 Å². The summed E-state index contributed by atoms with van der Waals surface area (Å²) in [6, 6.07) is 13.8. The maximum Gasteiger partial charge on any atom is 0.340 e. The molecule has 1 aromatic heterocycles. The van der Waals surface area contributed by atoms with Crippen molar-refractivity contribution in [1.29, 1.82) is 0 Å². The van der Waals surface area contributed by atoms with Gasteiger partial charge in [-0.3, -0.25) is 9.88 Å². The number of alkyl halides is 1. The summed E-state index contributed by atoms with van der Waals surface area (Å²) in [5.74, 6) is -0.258. The van der Waals surface area contributed by atoms with Crippen LogP contribution in [0.15, 0.2) is 72.0 Å². The molecule has 13 heteroatoms. The molecule has 0 radical (unpaired) electrons. The Balaban J connectivity index is 1.28. The van der Waals surface area contributed by atoms with Crippen molar-refractivity contribution in [2.45, 2.75) is 12.7 Å². The summed E-state index contributed by atoms with van der Waals surface area (Å²) >= 11 is 0. The number of aromatic nitrogens is 1. The molecule has 5 rings (SSSR count). The zero-order valence-electron chi connectivity index (χ0n) is 23.8. The van der Waals surface area contributed by atoms with Crippen molar-refractivity contribution in [2.75, 3.05) is 45.0 Å². The quantitative estimate of drug-likeness (QED) is 0.133. The van der Waals surface area contributed by atoms with Crippen molar-refractivity contribution in [3.63, 3.8) is 0 Å². The molecular weight excluding hydrogens is 579 g/mol. The van der Waals surface area contributed by atoms with E-state index in [1.54, 1.807) is 53.6 Å². The average molecular weight is 610 g/mol. The van der Waals surface area contributed by atoms with Crippen molar-refractivity contribution in [2.24, 2.45) is 10.8 Å². The number of urea groups is 1. The van der Waals surface area contributed by atoms with Crippen LogP contribution in [-0.4, -0.2) is 68.4 Å². The van der Waals surface area contributed by atoms with Gasteiger partial charge in [-0.25, -0.2) is 18.0 Å². The maximum atomic E-state index is 14.6. The number of carbonyl (C=O) groups excluding carboxylic acids is 1. The van der Waals surface area contributed by atoms with Crippen molar-refractivity contribution in [3.8, 4) is 23.0 Å². The van der Waals surface area contributed by atoms with Crippen molar-refractivity contribution in [3.05, 3.63) is 84.1 Å². The molecular formula is C31H30F3N5O5. The number of methoxy groups -OCH3 is 1. The minimum absolute atomic E-state index is 0.149. The van der Waals surface area contributed by atoms with Crippen LogP contribution in [0.1, 0.15) is 12.0 Å². The largest absolute Gasteiger partial charge is 0.493 e. The monoisotopic (exact) mass is 609 g/mol. The van der Waals surface area contributed by atoms with Gasteiger partial charge in [-0.05, 0) is 54.1 Å². The third kappa shape index (κ3) is 7.36. The number of nitrogens with two attached hydrogens (primary N) is 1. The second-order valence-corrected chi connectivity index (χ2v) is 9.71. The van der Waals surface area contributed by atoms with Gasteiger partial charge >= 0.3 is 6.03 Å². The number of primary amides is 1. The first-order valence-corrected chi connectivity index (χ1v) is 13.7. The number of pyridine rings is 1. The lowest BCUT2D eigenvalue weighted by Crippen LogP contribution is -2.42. The number of hydrogen-bond acceptors (Lipinski definition) is 8. The zero-order chi connectivity index (χ0) is 31.1. The number of rotatable bonds is 11. The molecule has 1 saturated heterocycles. The maximum absolute atomic E-state index is 14.6. The predicted molar refractivity (Wildman–Crippen MR) is 158 cm³/mol. The lowest BCUT2D eigenvalue weighted by Gasteiger charge is -2.29. The second-order valence-electron chi connectivity index (χ2n) is 9.71. The van der Waals surface area contributed by atoms with Crippen LogP contribution < -0.4 is 25.0 Å². The summed E-state index contributed by atoms with van der Waals surface area (Å²) < 4.78 is 64.1. The molecule has 0 aliphatic carbocycles. The van der Waals surface area contributed by atoms with Gasteiger partial charge in [0, 0.05) is 37.2 Å². The number of halogens is 3. The van der Waals surface area contributed by atoms with Crippen LogP contribution in [0, 0.1) is 11.6 Å². The lowest BCUT2D eigenvalue weighted by atomic mass is 10.1. The van der Waals surface area contributed by atoms with Gasteiger partial charge in [0.05, 0.1) is 44.3 Å². The van der Waals surface area contributed by atoms with Gasteiger partial charge in [-0.2, -0.15) is 10.1 Å². The van der Waals surface area contributed by atoms with Gasteiger partial charge in [0.15, 0.2) is 29.4 Å². The Labute approximate surface area is 251 Å². The number of hydrazone groups is 1. The molecule has 0 saturated carbocycles. The van der Waals surface area contributed by atoms with Crippen LogP contribution in [-0.2, 0) is 4.74 Å². The number of anilines is 1. The van der Waals surface area contributed by atoms with E-state index in [1.807, 2.05) is 0 Å². The number of morpholine rings is 1. The normalized spacial score (nSPS) is 14.5. The van der Waals surface area contributed by atoms with Gasteiger partial charge in [-0.1, -0.05) is 6.07 Å². The highest BCUT2D eigenvalue weighted by atomic mass is 19.2.